The van der Waals surface area contributed by atoms with Crippen LogP contribution in [0.4, 0.5) is 0 Å². The molecule has 0 aliphatic heterocycles. The highest BCUT2D eigenvalue weighted by Gasteiger charge is 2.29. The Morgan fingerprint density at radius 2 is 1.85 bits per heavy atom. The minimum atomic E-state index is -1.46. The Morgan fingerprint density at radius 1 is 1.30 bits per heavy atom. The number of nitrogens with zero attached hydrogens (tertiary/aromatic N) is 1. The number of aliphatic carboxylic acids is 1. The second kappa shape index (κ2) is 8.18. The van der Waals surface area contributed by atoms with Crippen molar-refractivity contribution in [2.45, 2.75) is 38.6 Å². The van der Waals surface area contributed by atoms with E-state index in [-0.39, 0.29) is 13.0 Å². The minimum Gasteiger partial charge on any atom is -0.546 e. The highest BCUT2D eigenvalue weighted by Crippen LogP contribution is 2.07. The van der Waals surface area contributed by atoms with Crippen LogP contribution in [0.5, 0.6) is 0 Å². The smallest absolute Gasteiger partial charge is 0.338 e. The maximum Gasteiger partial charge on any atom is 0.338 e. The van der Waals surface area contributed by atoms with Crippen LogP contribution in [-0.2, 0) is 19.1 Å². The van der Waals surface area contributed by atoms with Crippen LogP contribution in [0.3, 0.4) is 0 Å². The number of likely N-dealkylation sites (N-methyl/N-ethyl adjacent to an activating group) is 1. The summed E-state index contributed by atoms with van der Waals surface area (Å²) >= 11 is 0. The molecule has 3 atom stereocenters. The molecule has 0 amide bonds. The fourth-order valence-corrected chi connectivity index (χ4v) is 1.36. The number of rotatable bonds is 9. The summed E-state index contributed by atoms with van der Waals surface area (Å²) in [7, 11) is 5.88. The van der Waals surface area contributed by atoms with Gasteiger partial charge in [-0.2, -0.15) is 0 Å². The number of aliphatic hydroxyl groups is 1. The highest BCUT2D eigenvalue weighted by molar-refractivity contribution is 5.79. The van der Waals surface area contributed by atoms with Gasteiger partial charge in [-0.3, -0.25) is 0 Å². The first-order valence-corrected chi connectivity index (χ1v) is 6.60. The van der Waals surface area contributed by atoms with E-state index in [2.05, 4.69) is 0 Å². The summed E-state index contributed by atoms with van der Waals surface area (Å²) in [6, 6.07) is 0. The lowest BCUT2D eigenvalue weighted by Crippen LogP contribution is -2.45. The van der Waals surface area contributed by atoms with E-state index in [0.717, 1.165) is 0 Å². The molecular formula is C13H25NO6. The van der Waals surface area contributed by atoms with Crippen LogP contribution < -0.4 is 5.11 Å². The van der Waals surface area contributed by atoms with Gasteiger partial charge in [0.25, 0.3) is 0 Å². The fourth-order valence-electron chi connectivity index (χ4n) is 1.36. The molecule has 3 unspecified atom stereocenters. The average Bonchev–Trinajstić information content (AvgIpc) is 2.29. The van der Waals surface area contributed by atoms with Crippen molar-refractivity contribution in [1.29, 1.82) is 0 Å². The van der Waals surface area contributed by atoms with Crippen molar-refractivity contribution in [3.63, 3.8) is 0 Å². The third kappa shape index (κ3) is 7.42. The number of hydrogen-bond donors (Lipinski definition) is 1. The summed E-state index contributed by atoms with van der Waals surface area (Å²) in [4.78, 5) is 22.5. The summed E-state index contributed by atoms with van der Waals surface area (Å²) in [6.07, 6.45) is -3.52. The van der Waals surface area contributed by atoms with E-state index in [9.17, 15) is 19.8 Å². The van der Waals surface area contributed by atoms with Gasteiger partial charge in [0.2, 0.25) is 0 Å². The summed E-state index contributed by atoms with van der Waals surface area (Å²) in [5.41, 5.74) is 0. The number of carboxylic acid groups (broad SMARTS) is 1. The van der Waals surface area contributed by atoms with Crippen LogP contribution >= 0.6 is 0 Å². The first kappa shape index (κ1) is 18.8. The molecule has 0 rings (SSSR count). The topological polar surface area (TPSA) is 95.9 Å². The Bertz CT molecular complexity index is 323. The lowest BCUT2D eigenvalue weighted by atomic mass is 10.2. The van der Waals surface area contributed by atoms with Crippen molar-refractivity contribution in [3.05, 3.63) is 0 Å². The molecule has 7 nitrogen and oxygen atoms in total. The molecule has 0 heterocycles. The van der Waals surface area contributed by atoms with Gasteiger partial charge in [-0.25, -0.2) is 4.79 Å². The van der Waals surface area contributed by atoms with Gasteiger partial charge in [-0.1, -0.05) is 6.92 Å². The average molecular weight is 291 g/mol. The molecule has 0 aliphatic rings. The zero-order valence-corrected chi connectivity index (χ0v) is 12.8. The van der Waals surface area contributed by atoms with Gasteiger partial charge in [0.15, 0.2) is 6.10 Å². The van der Waals surface area contributed by atoms with E-state index in [4.69, 9.17) is 9.47 Å². The van der Waals surface area contributed by atoms with Crippen LogP contribution in [0.25, 0.3) is 0 Å². The number of hydrogen-bond acceptors (Lipinski definition) is 6. The molecule has 0 aromatic rings. The zero-order chi connectivity index (χ0) is 15.9. The third-order valence-corrected chi connectivity index (χ3v) is 2.62. The maximum absolute atomic E-state index is 11.8. The van der Waals surface area contributed by atoms with Crippen molar-refractivity contribution in [1.82, 2.24) is 0 Å². The molecule has 1 N–H and O–H groups in total. The fraction of sp³-hybridized carbons (Fsp3) is 0.846. The molecule has 7 heteroatoms. The predicted octanol–water partition coefficient (Wildman–Crippen LogP) is -1.47. The molecule has 118 valence electrons. The number of carboxylic acids is 1. The Balaban J connectivity index is 4.51. The molecule has 0 saturated carbocycles. The second-order valence-electron chi connectivity index (χ2n) is 5.70. The first-order valence-electron chi connectivity index (χ1n) is 6.60. The minimum absolute atomic E-state index is 0.0967. The third-order valence-electron chi connectivity index (χ3n) is 2.62. The van der Waals surface area contributed by atoms with Crippen LogP contribution in [0.1, 0.15) is 20.3 Å². The summed E-state index contributed by atoms with van der Waals surface area (Å²) in [5, 5.41) is 20.3. The lowest BCUT2D eigenvalue weighted by molar-refractivity contribution is -0.870. The van der Waals surface area contributed by atoms with Crippen LogP contribution in [0.15, 0.2) is 0 Å². The molecular weight excluding hydrogens is 266 g/mol. The van der Waals surface area contributed by atoms with Gasteiger partial charge in [-0.05, 0) is 13.3 Å². The standard InChI is InChI=1S/C13H25NO6/c1-6-10(12(16)17)20-13(18)11(9(2)15)19-8-7-14(3,4)5/h9-11,15H,6-8H2,1-5H3. The van der Waals surface area contributed by atoms with Gasteiger partial charge in [0, 0.05) is 0 Å². The van der Waals surface area contributed by atoms with Crippen molar-refractivity contribution >= 4 is 11.9 Å². The number of carbonyl (C=O) groups excluding carboxylic acids is 2. The van der Waals surface area contributed by atoms with Crippen LogP contribution in [0.2, 0.25) is 0 Å². The SMILES string of the molecule is CCC(OC(=O)C(OCC[N+](C)(C)C)C(C)O)C(=O)[O-]. The number of carbonyl (C=O) groups is 2. The van der Waals surface area contributed by atoms with E-state index >= 15 is 0 Å². The van der Waals surface area contributed by atoms with Gasteiger partial charge in [0.05, 0.1) is 39.8 Å². The van der Waals surface area contributed by atoms with Crippen LogP contribution in [0, 0.1) is 0 Å². The number of esters is 1. The summed E-state index contributed by atoms with van der Waals surface area (Å²) in [6.45, 7) is 3.82. The van der Waals surface area contributed by atoms with E-state index in [1.807, 2.05) is 21.1 Å². The Labute approximate surface area is 119 Å². The number of ether oxygens (including phenoxy) is 2. The van der Waals surface area contributed by atoms with Crippen molar-refractivity contribution in [2.24, 2.45) is 0 Å². The molecule has 0 saturated heterocycles. The monoisotopic (exact) mass is 291 g/mol. The van der Waals surface area contributed by atoms with Gasteiger partial charge >= 0.3 is 5.97 Å². The van der Waals surface area contributed by atoms with E-state index in [0.29, 0.717) is 11.0 Å². The highest BCUT2D eigenvalue weighted by atomic mass is 16.6. The normalized spacial score (nSPS) is 16.3. The molecule has 0 radical (unpaired) electrons. The van der Waals surface area contributed by atoms with Crippen LogP contribution in [-0.4, -0.2) is 74.1 Å². The van der Waals surface area contributed by atoms with Crippen molar-refractivity contribution in [2.75, 3.05) is 34.3 Å². The molecule has 0 aromatic heterocycles. The molecule has 0 spiro atoms. The zero-order valence-electron chi connectivity index (χ0n) is 12.8. The summed E-state index contributed by atoms with van der Waals surface area (Å²) in [5.74, 6) is -2.35. The summed E-state index contributed by atoms with van der Waals surface area (Å²) < 4.78 is 10.7. The number of quaternary nitrogens is 1. The van der Waals surface area contributed by atoms with Crippen molar-refractivity contribution < 1.29 is 33.8 Å². The van der Waals surface area contributed by atoms with Gasteiger partial charge in [0.1, 0.15) is 12.6 Å². The maximum atomic E-state index is 11.8. The van der Waals surface area contributed by atoms with E-state index in [1.54, 1.807) is 6.92 Å². The number of aliphatic hydroxyl groups excluding tert-OH is 1. The Morgan fingerprint density at radius 3 is 2.20 bits per heavy atom. The molecule has 0 aromatic carbocycles. The van der Waals surface area contributed by atoms with E-state index in [1.165, 1.54) is 6.92 Å². The van der Waals surface area contributed by atoms with Gasteiger partial charge in [-0.15, -0.1) is 0 Å². The molecule has 0 aliphatic carbocycles. The Hall–Kier alpha value is -1.18. The predicted molar refractivity (Wildman–Crippen MR) is 69.5 cm³/mol. The molecule has 0 bridgehead atoms. The molecule has 0 fully saturated rings. The second-order valence-corrected chi connectivity index (χ2v) is 5.70. The largest absolute Gasteiger partial charge is 0.546 e. The quantitative estimate of drug-likeness (QED) is 0.411. The van der Waals surface area contributed by atoms with Gasteiger partial charge < -0.3 is 29.0 Å². The lowest BCUT2D eigenvalue weighted by Gasteiger charge is -2.26. The van der Waals surface area contributed by atoms with E-state index < -0.39 is 30.3 Å². The molecule has 20 heavy (non-hydrogen) atoms. The Kier molecular flexibility index (Phi) is 7.70. The van der Waals surface area contributed by atoms with Crippen molar-refractivity contribution in [3.8, 4) is 0 Å². The first-order chi connectivity index (χ1) is 9.08.